The average molecular weight is 317 g/mol. The van der Waals surface area contributed by atoms with Crippen molar-refractivity contribution < 1.29 is 9.84 Å². The Labute approximate surface area is 132 Å². The lowest BCUT2D eigenvalue weighted by Crippen LogP contribution is -2.22. The number of benzene rings is 1. The van der Waals surface area contributed by atoms with Gasteiger partial charge in [-0.2, -0.15) is 10.5 Å². The molecule has 0 fully saturated rings. The zero-order valence-electron chi connectivity index (χ0n) is 11.6. The lowest BCUT2D eigenvalue weighted by Gasteiger charge is -2.13. The van der Waals surface area contributed by atoms with Crippen molar-refractivity contribution in [2.75, 3.05) is 6.61 Å². The van der Waals surface area contributed by atoms with Gasteiger partial charge in [0, 0.05) is 5.02 Å². The standard InChI is InChI=1S/C15H13ClN4O2/c16-13-4-2-1-3-11(13)8-22-9-12(21)7-20-10-19-14(5-17)15(20)6-18/h1-4,10,12,21H,7-9H2. The molecule has 0 saturated heterocycles. The number of hydrogen-bond donors (Lipinski definition) is 1. The van der Waals surface area contributed by atoms with Gasteiger partial charge < -0.3 is 14.4 Å². The highest BCUT2D eigenvalue weighted by Gasteiger charge is 2.13. The molecule has 0 saturated carbocycles. The maximum Gasteiger partial charge on any atom is 0.176 e. The van der Waals surface area contributed by atoms with E-state index >= 15 is 0 Å². The number of nitrogens with zero attached hydrogens (tertiary/aromatic N) is 4. The predicted molar refractivity (Wildman–Crippen MR) is 78.8 cm³/mol. The van der Waals surface area contributed by atoms with E-state index < -0.39 is 6.10 Å². The van der Waals surface area contributed by atoms with Crippen molar-refractivity contribution in [3.63, 3.8) is 0 Å². The van der Waals surface area contributed by atoms with Crippen LogP contribution in [-0.2, 0) is 17.9 Å². The zero-order valence-corrected chi connectivity index (χ0v) is 12.4. The number of hydrogen-bond acceptors (Lipinski definition) is 5. The van der Waals surface area contributed by atoms with Gasteiger partial charge in [-0.1, -0.05) is 29.8 Å². The summed E-state index contributed by atoms with van der Waals surface area (Å²) in [6, 6.07) is 11.0. The summed E-state index contributed by atoms with van der Waals surface area (Å²) in [5, 5.41) is 28.4. The van der Waals surface area contributed by atoms with Crippen LogP contribution in [0, 0.1) is 22.7 Å². The Kier molecular flexibility index (Phi) is 5.51. The first-order chi connectivity index (χ1) is 10.7. The van der Waals surface area contributed by atoms with Crippen LogP contribution in [0.15, 0.2) is 30.6 Å². The average Bonchev–Trinajstić information content (AvgIpc) is 2.90. The smallest absolute Gasteiger partial charge is 0.176 e. The molecule has 1 heterocycles. The molecule has 1 aromatic carbocycles. The Hall–Kier alpha value is -2.38. The summed E-state index contributed by atoms with van der Waals surface area (Å²) in [6.45, 7) is 0.492. The first kappa shape index (κ1) is 16.0. The number of imidazole rings is 1. The van der Waals surface area contributed by atoms with Crippen molar-refractivity contribution in [1.29, 1.82) is 10.5 Å². The van der Waals surface area contributed by atoms with Crippen LogP contribution in [0.1, 0.15) is 17.0 Å². The van der Waals surface area contributed by atoms with Crippen LogP contribution in [-0.4, -0.2) is 27.4 Å². The second-order valence-electron chi connectivity index (χ2n) is 4.58. The van der Waals surface area contributed by atoms with Crippen LogP contribution in [0.5, 0.6) is 0 Å². The van der Waals surface area contributed by atoms with E-state index in [1.807, 2.05) is 30.3 Å². The van der Waals surface area contributed by atoms with Gasteiger partial charge in [-0.15, -0.1) is 0 Å². The van der Waals surface area contributed by atoms with E-state index in [2.05, 4.69) is 4.98 Å². The van der Waals surface area contributed by atoms with Crippen LogP contribution < -0.4 is 0 Å². The Bertz CT molecular complexity index is 730. The fourth-order valence-electron chi connectivity index (χ4n) is 1.92. The Morgan fingerprint density at radius 2 is 2.09 bits per heavy atom. The molecule has 6 nitrogen and oxygen atoms in total. The number of aliphatic hydroxyl groups is 1. The molecule has 112 valence electrons. The largest absolute Gasteiger partial charge is 0.389 e. The van der Waals surface area contributed by atoms with Gasteiger partial charge >= 0.3 is 0 Å². The molecule has 22 heavy (non-hydrogen) atoms. The normalized spacial score (nSPS) is 11.6. The molecule has 0 radical (unpaired) electrons. The summed E-state index contributed by atoms with van der Waals surface area (Å²) in [4.78, 5) is 3.81. The minimum atomic E-state index is -0.824. The maximum absolute atomic E-state index is 9.95. The highest BCUT2D eigenvalue weighted by Crippen LogP contribution is 2.15. The third kappa shape index (κ3) is 3.84. The molecule has 1 unspecified atom stereocenters. The number of aromatic nitrogens is 2. The molecule has 7 heteroatoms. The van der Waals surface area contributed by atoms with E-state index in [4.69, 9.17) is 26.9 Å². The van der Waals surface area contributed by atoms with E-state index in [0.29, 0.717) is 5.02 Å². The topological polar surface area (TPSA) is 94.9 Å². The zero-order chi connectivity index (χ0) is 15.9. The van der Waals surface area contributed by atoms with Gasteiger partial charge in [0.1, 0.15) is 12.1 Å². The molecular formula is C15H13ClN4O2. The van der Waals surface area contributed by atoms with Crippen molar-refractivity contribution in [2.45, 2.75) is 19.3 Å². The molecule has 0 aliphatic carbocycles. The van der Waals surface area contributed by atoms with E-state index in [1.165, 1.54) is 10.9 Å². The first-order valence-electron chi connectivity index (χ1n) is 6.50. The lowest BCUT2D eigenvalue weighted by molar-refractivity contribution is 0.0203. The van der Waals surface area contributed by atoms with Gasteiger partial charge in [0.15, 0.2) is 11.4 Å². The summed E-state index contributed by atoms with van der Waals surface area (Å²) in [5.74, 6) is 0. The minimum Gasteiger partial charge on any atom is -0.389 e. The quantitative estimate of drug-likeness (QED) is 0.877. The molecule has 2 rings (SSSR count). The highest BCUT2D eigenvalue weighted by atomic mass is 35.5. The number of nitriles is 2. The third-order valence-electron chi connectivity index (χ3n) is 2.98. The number of halogens is 1. The second kappa shape index (κ2) is 7.58. The fraction of sp³-hybridized carbons (Fsp3) is 0.267. The summed E-state index contributed by atoms with van der Waals surface area (Å²) in [6.07, 6.45) is 0.532. The van der Waals surface area contributed by atoms with E-state index in [-0.39, 0.29) is 31.1 Å². The molecule has 0 bridgehead atoms. The number of ether oxygens (including phenoxy) is 1. The SMILES string of the molecule is N#Cc1ncn(CC(O)COCc2ccccc2Cl)c1C#N. The molecule has 0 aliphatic heterocycles. The molecular weight excluding hydrogens is 304 g/mol. The van der Waals surface area contributed by atoms with Crippen LogP contribution >= 0.6 is 11.6 Å². The molecule has 1 N–H and O–H groups in total. The van der Waals surface area contributed by atoms with E-state index in [9.17, 15) is 5.11 Å². The Balaban J connectivity index is 1.88. The van der Waals surface area contributed by atoms with Crippen molar-refractivity contribution >= 4 is 11.6 Å². The molecule has 0 aliphatic rings. The number of rotatable bonds is 6. The summed E-state index contributed by atoms with van der Waals surface area (Å²) < 4.78 is 6.86. The van der Waals surface area contributed by atoms with E-state index in [0.717, 1.165) is 5.56 Å². The highest BCUT2D eigenvalue weighted by molar-refractivity contribution is 6.31. The lowest BCUT2D eigenvalue weighted by atomic mass is 10.2. The number of aliphatic hydroxyl groups excluding tert-OH is 1. The molecule has 0 amide bonds. The van der Waals surface area contributed by atoms with Crippen LogP contribution in [0.3, 0.4) is 0 Å². The van der Waals surface area contributed by atoms with Crippen molar-refractivity contribution in [1.82, 2.24) is 9.55 Å². The van der Waals surface area contributed by atoms with Crippen LogP contribution in [0.25, 0.3) is 0 Å². The molecule has 1 atom stereocenters. The summed E-state index contributed by atoms with van der Waals surface area (Å²) >= 11 is 6.01. The predicted octanol–water partition coefficient (Wildman–Crippen LogP) is 1.86. The van der Waals surface area contributed by atoms with Crippen LogP contribution in [0.4, 0.5) is 0 Å². The minimum absolute atomic E-state index is 0.0479. The monoisotopic (exact) mass is 316 g/mol. The Morgan fingerprint density at radius 1 is 1.32 bits per heavy atom. The van der Waals surface area contributed by atoms with E-state index in [1.54, 1.807) is 6.07 Å². The Morgan fingerprint density at radius 3 is 2.77 bits per heavy atom. The van der Waals surface area contributed by atoms with Crippen molar-refractivity contribution in [3.8, 4) is 12.1 Å². The van der Waals surface area contributed by atoms with Gasteiger partial charge in [0.25, 0.3) is 0 Å². The molecule has 0 spiro atoms. The van der Waals surface area contributed by atoms with Gasteiger partial charge in [-0.25, -0.2) is 4.98 Å². The molecule has 1 aromatic heterocycles. The van der Waals surface area contributed by atoms with Gasteiger partial charge in [0.05, 0.1) is 32.2 Å². The van der Waals surface area contributed by atoms with Crippen molar-refractivity contribution in [3.05, 3.63) is 52.6 Å². The van der Waals surface area contributed by atoms with Crippen molar-refractivity contribution in [2.24, 2.45) is 0 Å². The molecule has 2 aromatic rings. The third-order valence-corrected chi connectivity index (χ3v) is 3.35. The second-order valence-corrected chi connectivity index (χ2v) is 4.99. The summed E-state index contributed by atoms with van der Waals surface area (Å²) in [7, 11) is 0. The van der Waals surface area contributed by atoms with Gasteiger partial charge in [-0.3, -0.25) is 0 Å². The van der Waals surface area contributed by atoms with Gasteiger partial charge in [-0.05, 0) is 11.6 Å². The van der Waals surface area contributed by atoms with Crippen LogP contribution in [0.2, 0.25) is 5.02 Å². The fourth-order valence-corrected chi connectivity index (χ4v) is 2.11. The van der Waals surface area contributed by atoms with Gasteiger partial charge in [0.2, 0.25) is 0 Å². The maximum atomic E-state index is 9.95. The summed E-state index contributed by atoms with van der Waals surface area (Å²) in [5.41, 5.74) is 1.02. The first-order valence-corrected chi connectivity index (χ1v) is 6.88.